The summed E-state index contributed by atoms with van der Waals surface area (Å²) >= 11 is 1.38. The fourth-order valence-electron chi connectivity index (χ4n) is 3.66. The van der Waals surface area contributed by atoms with E-state index in [0.717, 1.165) is 10.2 Å². The maximum atomic E-state index is 13.1. The molecule has 1 amide bonds. The number of carbonyl (C=O) groups is 1. The van der Waals surface area contributed by atoms with Gasteiger partial charge in [-0.05, 0) is 31.2 Å². The zero-order valence-electron chi connectivity index (χ0n) is 19.7. The van der Waals surface area contributed by atoms with Gasteiger partial charge in [0.1, 0.15) is 0 Å². The third-order valence-electron chi connectivity index (χ3n) is 5.52. The molecule has 0 aliphatic carbocycles. The molecule has 1 aromatic heterocycles. The minimum Gasteiger partial charge on any atom is -0.454 e. The summed E-state index contributed by atoms with van der Waals surface area (Å²) in [4.78, 5) is 17.9. The third-order valence-corrected chi connectivity index (χ3v) is 8.47. The topological polar surface area (TPSA) is 109 Å². The number of ether oxygens (including phenoxy) is 4. The first kappa shape index (κ1) is 25.3. The molecule has 2 aromatic carbocycles. The second-order valence-electron chi connectivity index (χ2n) is 7.63. The molecule has 3 aromatic rings. The Kier molecular flexibility index (Phi) is 7.87. The second kappa shape index (κ2) is 10.9. The van der Waals surface area contributed by atoms with Gasteiger partial charge in [-0.25, -0.2) is 8.42 Å². The lowest BCUT2D eigenvalue weighted by atomic mass is 10.2. The van der Waals surface area contributed by atoms with E-state index in [0.29, 0.717) is 28.4 Å². The number of hydrogen-bond donors (Lipinski definition) is 0. The van der Waals surface area contributed by atoms with Gasteiger partial charge in [0.15, 0.2) is 16.3 Å². The van der Waals surface area contributed by atoms with E-state index in [4.69, 9.17) is 18.9 Å². The van der Waals surface area contributed by atoms with Gasteiger partial charge in [-0.15, -0.1) is 0 Å². The Morgan fingerprint density at radius 2 is 1.71 bits per heavy atom. The van der Waals surface area contributed by atoms with Crippen LogP contribution in [0.5, 0.6) is 11.5 Å². The maximum absolute atomic E-state index is 13.1. The molecule has 0 spiro atoms. The Morgan fingerprint density at radius 3 is 2.31 bits per heavy atom. The van der Waals surface area contributed by atoms with Crippen LogP contribution in [0.2, 0.25) is 0 Å². The van der Waals surface area contributed by atoms with Crippen molar-refractivity contribution in [2.45, 2.75) is 18.4 Å². The first-order valence-corrected chi connectivity index (χ1v) is 13.2. The number of aryl methyl sites for hydroxylation is 1. The van der Waals surface area contributed by atoms with Crippen molar-refractivity contribution in [1.82, 2.24) is 8.87 Å². The fourth-order valence-corrected chi connectivity index (χ4v) is 6.17. The van der Waals surface area contributed by atoms with Gasteiger partial charge < -0.3 is 23.5 Å². The van der Waals surface area contributed by atoms with Crippen molar-refractivity contribution in [2.24, 2.45) is 4.99 Å². The molecule has 0 fully saturated rings. The lowest BCUT2D eigenvalue weighted by Gasteiger charge is -2.21. The van der Waals surface area contributed by atoms with Crippen molar-refractivity contribution in [3.8, 4) is 11.5 Å². The molecule has 0 atom stereocenters. The number of nitrogens with zero attached hydrogens (tertiary/aromatic N) is 3. The molecule has 35 heavy (non-hydrogen) atoms. The van der Waals surface area contributed by atoms with Crippen molar-refractivity contribution in [3.63, 3.8) is 0 Å². The molecule has 0 unspecified atom stereocenters. The van der Waals surface area contributed by atoms with Crippen LogP contribution < -0.4 is 14.3 Å². The molecule has 4 rings (SSSR count). The highest BCUT2D eigenvalue weighted by atomic mass is 32.2. The zero-order valence-corrected chi connectivity index (χ0v) is 21.4. The van der Waals surface area contributed by atoms with Crippen molar-refractivity contribution < 1.29 is 32.2 Å². The van der Waals surface area contributed by atoms with Crippen molar-refractivity contribution in [2.75, 3.05) is 47.3 Å². The molecular weight excluding hydrogens is 494 g/mol. The van der Waals surface area contributed by atoms with Crippen LogP contribution in [0, 0.1) is 0 Å². The average Bonchev–Trinajstić information content (AvgIpc) is 3.45. The summed E-state index contributed by atoms with van der Waals surface area (Å²) < 4.78 is 51.3. The first-order valence-electron chi connectivity index (χ1n) is 11.0. The molecule has 0 bridgehead atoms. The normalized spacial score (nSPS) is 13.8. The fraction of sp³-hybridized carbons (Fsp3) is 0.391. The van der Waals surface area contributed by atoms with E-state index >= 15 is 0 Å². The van der Waals surface area contributed by atoms with Crippen LogP contribution in [-0.2, 0) is 26.0 Å². The summed E-state index contributed by atoms with van der Waals surface area (Å²) in [5, 5.41) is 0. The number of fused-ring (bicyclic) bond motifs is 2. The molecule has 0 saturated heterocycles. The number of amides is 1. The van der Waals surface area contributed by atoms with E-state index < -0.39 is 15.9 Å². The van der Waals surface area contributed by atoms with Crippen molar-refractivity contribution in [3.05, 3.63) is 46.8 Å². The Balaban J connectivity index is 1.61. The van der Waals surface area contributed by atoms with Gasteiger partial charge in [0.25, 0.3) is 5.91 Å². The van der Waals surface area contributed by atoms with E-state index in [1.807, 2.05) is 23.6 Å². The van der Waals surface area contributed by atoms with Crippen molar-refractivity contribution >= 4 is 37.5 Å². The highest BCUT2D eigenvalue weighted by Crippen LogP contribution is 2.37. The summed E-state index contributed by atoms with van der Waals surface area (Å²) in [5.41, 5.74) is 1.19. The van der Waals surface area contributed by atoms with Gasteiger partial charge in [-0.2, -0.15) is 9.30 Å². The number of methoxy groups -OCH3 is 2. The van der Waals surface area contributed by atoms with Crippen LogP contribution in [0.25, 0.3) is 10.2 Å². The zero-order chi connectivity index (χ0) is 25.0. The Bertz CT molecular complexity index is 1370. The van der Waals surface area contributed by atoms with E-state index in [1.165, 1.54) is 54.1 Å². The molecule has 1 aliphatic heterocycles. The van der Waals surface area contributed by atoms with Crippen molar-refractivity contribution in [1.29, 1.82) is 0 Å². The molecular formula is C23H27N3O7S2. The predicted molar refractivity (Wildman–Crippen MR) is 130 cm³/mol. The van der Waals surface area contributed by atoms with Crippen LogP contribution in [-0.4, -0.2) is 70.5 Å². The molecule has 0 N–H and O–H groups in total. The monoisotopic (exact) mass is 521 g/mol. The molecule has 188 valence electrons. The number of carbonyl (C=O) groups excluding carboxylic acids is 1. The molecule has 0 radical (unpaired) electrons. The average molecular weight is 522 g/mol. The van der Waals surface area contributed by atoms with Crippen LogP contribution >= 0.6 is 11.3 Å². The Morgan fingerprint density at radius 1 is 1.09 bits per heavy atom. The van der Waals surface area contributed by atoms with E-state index in [1.54, 1.807) is 0 Å². The molecule has 1 aliphatic rings. The quantitative estimate of drug-likeness (QED) is 0.403. The van der Waals surface area contributed by atoms with Gasteiger partial charge in [-0.1, -0.05) is 11.3 Å². The van der Waals surface area contributed by atoms with Crippen LogP contribution in [0.1, 0.15) is 17.3 Å². The van der Waals surface area contributed by atoms with Gasteiger partial charge >= 0.3 is 0 Å². The third kappa shape index (κ3) is 5.26. The lowest BCUT2D eigenvalue weighted by Crippen LogP contribution is -2.36. The number of thiazole rings is 1. The minimum atomic E-state index is -3.77. The van der Waals surface area contributed by atoms with Gasteiger partial charge in [0.2, 0.25) is 16.8 Å². The number of hydrogen-bond acceptors (Lipinski definition) is 8. The van der Waals surface area contributed by atoms with Gasteiger partial charge in [0.05, 0.1) is 28.3 Å². The Hall–Kier alpha value is -2.77. The molecule has 2 heterocycles. The smallest absolute Gasteiger partial charge is 0.279 e. The largest absolute Gasteiger partial charge is 0.454 e. The summed E-state index contributed by atoms with van der Waals surface area (Å²) in [6.45, 7) is 3.68. The first-order chi connectivity index (χ1) is 16.9. The predicted octanol–water partition coefficient (Wildman–Crippen LogP) is 2.48. The van der Waals surface area contributed by atoms with E-state index in [-0.39, 0.29) is 38.0 Å². The molecule has 12 heteroatoms. The number of sulfonamides is 1. The summed E-state index contributed by atoms with van der Waals surface area (Å²) in [6.07, 6.45) is 0. The van der Waals surface area contributed by atoms with Crippen LogP contribution in [0.3, 0.4) is 0 Å². The van der Waals surface area contributed by atoms with Crippen LogP contribution in [0.15, 0.2) is 46.3 Å². The van der Waals surface area contributed by atoms with Gasteiger partial charge in [-0.3, -0.25) is 4.79 Å². The summed E-state index contributed by atoms with van der Waals surface area (Å²) in [5.74, 6) is 0.873. The lowest BCUT2D eigenvalue weighted by molar-refractivity contribution is 0.0997. The maximum Gasteiger partial charge on any atom is 0.279 e. The van der Waals surface area contributed by atoms with E-state index in [2.05, 4.69) is 4.99 Å². The summed E-state index contributed by atoms with van der Waals surface area (Å²) in [7, 11) is -0.750. The van der Waals surface area contributed by atoms with Gasteiger partial charge in [0, 0.05) is 51.6 Å². The highest BCUT2D eigenvalue weighted by Gasteiger charge is 2.24. The standard InChI is InChI=1S/C23H27N3O7S2/c1-4-26-18-13-19-20(33-15-32-19)14-21(18)34-23(26)24-22(27)16-5-7-17(8-6-16)35(28,29)25(9-11-30-2)10-12-31-3/h5-8,13-14H,4,9-12,15H2,1-3H3. The molecule has 0 saturated carbocycles. The van der Waals surface area contributed by atoms with E-state index in [9.17, 15) is 13.2 Å². The highest BCUT2D eigenvalue weighted by molar-refractivity contribution is 7.89. The number of benzene rings is 2. The SMILES string of the molecule is CCn1c(=NC(=O)c2ccc(S(=O)(=O)N(CCOC)CCOC)cc2)sc2cc3c(cc21)OCO3. The molecule has 10 nitrogen and oxygen atoms in total. The Labute approximate surface area is 207 Å². The minimum absolute atomic E-state index is 0.0845. The number of aromatic nitrogens is 1. The second-order valence-corrected chi connectivity index (χ2v) is 10.6. The number of rotatable bonds is 10. The summed E-state index contributed by atoms with van der Waals surface area (Å²) in [6, 6.07) is 9.56. The van der Waals surface area contributed by atoms with Crippen LogP contribution in [0.4, 0.5) is 0 Å².